The number of hydrogen-bond acceptors (Lipinski definition) is 6. The average molecular weight is 399 g/mol. The molecule has 2 aliphatic rings. The molecule has 2 aliphatic heterocycles. The molecule has 3 N–H and O–H groups in total. The van der Waals surface area contributed by atoms with Crippen LogP contribution in [0.5, 0.6) is 0 Å². The number of nitro benzene ring substituents is 1. The van der Waals surface area contributed by atoms with Crippen molar-refractivity contribution in [2.24, 2.45) is 11.8 Å². The summed E-state index contributed by atoms with van der Waals surface area (Å²) in [5.74, 6) is 0.103. The van der Waals surface area contributed by atoms with E-state index in [1.807, 2.05) is 4.90 Å². The summed E-state index contributed by atoms with van der Waals surface area (Å²) < 4.78 is 0. The average Bonchev–Trinajstić information content (AvgIpc) is 3.04. The minimum atomic E-state index is -0.479. The van der Waals surface area contributed by atoms with Gasteiger partial charge in [0.15, 0.2) is 0 Å². The maximum absolute atomic E-state index is 12.4. The van der Waals surface area contributed by atoms with E-state index in [1.54, 1.807) is 12.1 Å². The van der Waals surface area contributed by atoms with Gasteiger partial charge in [-0.15, -0.1) is 12.4 Å². The van der Waals surface area contributed by atoms with Crippen LogP contribution < -0.4 is 15.5 Å². The number of β-amino-alcohol motifs (C(OH)–C–C–N with tert-alkyl or cyclic N) is 1. The van der Waals surface area contributed by atoms with Crippen LogP contribution in [0, 0.1) is 22.0 Å². The minimum Gasteiger partial charge on any atom is -0.391 e. The van der Waals surface area contributed by atoms with Crippen LogP contribution in [0.4, 0.5) is 11.4 Å². The molecule has 3 atom stereocenters. The summed E-state index contributed by atoms with van der Waals surface area (Å²) in [4.78, 5) is 25.5. The first-order valence-corrected chi connectivity index (χ1v) is 9.16. The van der Waals surface area contributed by atoms with E-state index in [-0.39, 0.29) is 35.5 Å². The lowest BCUT2D eigenvalue weighted by Gasteiger charge is -2.32. The van der Waals surface area contributed by atoms with E-state index in [1.165, 1.54) is 6.07 Å². The SMILES string of the molecule is CC1CCCN(c2ccc(C(=O)NCC3CNCC3O)cc2[N+](=O)[O-])C1.Cl. The van der Waals surface area contributed by atoms with Gasteiger partial charge in [0.25, 0.3) is 11.6 Å². The molecule has 0 bridgehead atoms. The Bertz CT molecular complexity index is 687. The molecule has 3 unspecified atom stereocenters. The van der Waals surface area contributed by atoms with Crippen LogP contribution in [-0.4, -0.2) is 54.8 Å². The minimum absolute atomic E-state index is 0. The summed E-state index contributed by atoms with van der Waals surface area (Å²) in [6, 6.07) is 4.67. The van der Waals surface area contributed by atoms with Gasteiger partial charge in [0.2, 0.25) is 0 Å². The smallest absolute Gasteiger partial charge is 0.293 e. The Morgan fingerprint density at radius 2 is 2.22 bits per heavy atom. The highest BCUT2D eigenvalue weighted by atomic mass is 35.5. The van der Waals surface area contributed by atoms with Gasteiger partial charge in [-0.2, -0.15) is 0 Å². The van der Waals surface area contributed by atoms with Gasteiger partial charge in [-0.3, -0.25) is 14.9 Å². The number of aliphatic hydroxyl groups is 1. The molecule has 150 valence electrons. The maximum Gasteiger partial charge on any atom is 0.293 e. The Morgan fingerprint density at radius 3 is 2.85 bits per heavy atom. The van der Waals surface area contributed by atoms with E-state index in [4.69, 9.17) is 0 Å². The van der Waals surface area contributed by atoms with Gasteiger partial charge in [0.05, 0.1) is 11.0 Å². The van der Waals surface area contributed by atoms with Crippen LogP contribution in [0.1, 0.15) is 30.1 Å². The zero-order valence-corrected chi connectivity index (χ0v) is 16.2. The van der Waals surface area contributed by atoms with Crippen molar-refractivity contribution in [3.05, 3.63) is 33.9 Å². The first kappa shape index (κ1) is 21.4. The summed E-state index contributed by atoms with van der Waals surface area (Å²) in [5, 5.41) is 27.1. The zero-order chi connectivity index (χ0) is 18.7. The number of amides is 1. The molecule has 0 saturated carbocycles. The van der Waals surface area contributed by atoms with Crippen molar-refractivity contribution in [1.29, 1.82) is 0 Å². The highest BCUT2D eigenvalue weighted by Crippen LogP contribution is 2.32. The Balaban J connectivity index is 0.00000261. The molecule has 1 aromatic rings. The van der Waals surface area contributed by atoms with Crippen LogP contribution in [0.25, 0.3) is 0 Å². The predicted molar refractivity (Wildman–Crippen MR) is 106 cm³/mol. The Hall–Kier alpha value is -1.90. The van der Waals surface area contributed by atoms with Crippen LogP contribution in [0.2, 0.25) is 0 Å². The lowest BCUT2D eigenvalue weighted by molar-refractivity contribution is -0.384. The normalized spacial score (nSPS) is 25.0. The van der Waals surface area contributed by atoms with E-state index < -0.39 is 11.0 Å². The molecule has 0 aliphatic carbocycles. The second-order valence-corrected chi connectivity index (χ2v) is 7.35. The summed E-state index contributed by atoms with van der Waals surface area (Å²) >= 11 is 0. The third-order valence-corrected chi connectivity index (χ3v) is 5.26. The van der Waals surface area contributed by atoms with Crippen molar-refractivity contribution in [3.63, 3.8) is 0 Å². The van der Waals surface area contributed by atoms with Gasteiger partial charge >= 0.3 is 0 Å². The molecule has 0 spiro atoms. The van der Waals surface area contributed by atoms with Crippen LogP contribution >= 0.6 is 12.4 Å². The Kier molecular flexibility index (Phi) is 7.41. The van der Waals surface area contributed by atoms with Crippen molar-refractivity contribution in [3.8, 4) is 0 Å². The highest BCUT2D eigenvalue weighted by molar-refractivity contribution is 5.95. The van der Waals surface area contributed by atoms with E-state index in [0.29, 0.717) is 31.2 Å². The number of carbonyl (C=O) groups is 1. The fourth-order valence-electron chi connectivity index (χ4n) is 3.74. The van der Waals surface area contributed by atoms with Gasteiger partial charge in [-0.1, -0.05) is 6.92 Å². The van der Waals surface area contributed by atoms with Crippen molar-refractivity contribution in [2.75, 3.05) is 37.6 Å². The number of nitro groups is 1. The first-order chi connectivity index (χ1) is 12.5. The number of nitrogens with one attached hydrogen (secondary N) is 2. The van der Waals surface area contributed by atoms with E-state index in [9.17, 15) is 20.0 Å². The maximum atomic E-state index is 12.4. The lowest BCUT2D eigenvalue weighted by atomic mass is 9.99. The molecule has 2 heterocycles. The number of benzene rings is 1. The van der Waals surface area contributed by atoms with Crippen LogP contribution in [-0.2, 0) is 0 Å². The quantitative estimate of drug-likeness (QED) is 0.513. The molecule has 0 radical (unpaired) electrons. The fraction of sp³-hybridized carbons (Fsp3) is 0.611. The van der Waals surface area contributed by atoms with Crippen LogP contribution in [0.15, 0.2) is 18.2 Å². The third kappa shape index (κ3) is 5.09. The van der Waals surface area contributed by atoms with Crippen LogP contribution in [0.3, 0.4) is 0 Å². The first-order valence-electron chi connectivity index (χ1n) is 9.16. The Labute approximate surface area is 164 Å². The summed E-state index contributed by atoms with van der Waals surface area (Å²) in [7, 11) is 0. The van der Waals surface area contributed by atoms with Crippen molar-refractivity contribution >= 4 is 29.7 Å². The van der Waals surface area contributed by atoms with Crippen molar-refractivity contribution in [2.45, 2.75) is 25.9 Å². The van der Waals surface area contributed by atoms with Gasteiger partial charge in [0, 0.05) is 50.3 Å². The number of aliphatic hydroxyl groups excluding tert-OH is 1. The lowest BCUT2D eigenvalue weighted by Crippen LogP contribution is -2.35. The standard InChI is InChI=1S/C18H26N4O4.ClH/c1-12-3-2-6-21(11-12)15-5-4-13(7-16(15)22(25)26)18(24)20-9-14-8-19-10-17(14)23;/h4-5,7,12,14,17,19,23H,2-3,6,8-11H2,1H3,(H,20,24);1H. The number of piperidine rings is 1. The van der Waals surface area contributed by atoms with Gasteiger partial charge < -0.3 is 20.6 Å². The second kappa shape index (κ2) is 9.34. The number of rotatable bonds is 5. The van der Waals surface area contributed by atoms with Gasteiger partial charge in [0.1, 0.15) is 5.69 Å². The number of hydrogen-bond donors (Lipinski definition) is 3. The molecule has 2 saturated heterocycles. The van der Waals surface area contributed by atoms with Crippen molar-refractivity contribution in [1.82, 2.24) is 10.6 Å². The molecule has 3 rings (SSSR count). The number of halogens is 1. The molecule has 27 heavy (non-hydrogen) atoms. The van der Waals surface area contributed by atoms with Gasteiger partial charge in [-0.25, -0.2) is 0 Å². The predicted octanol–water partition coefficient (Wildman–Crippen LogP) is 1.56. The highest BCUT2D eigenvalue weighted by Gasteiger charge is 2.27. The Morgan fingerprint density at radius 1 is 1.44 bits per heavy atom. The molecule has 1 amide bonds. The third-order valence-electron chi connectivity index (χ3n) is 5.26. The molecular formula is C18H27ClN4O4. The largest absolute Gasteiger partial charge is 0.391 e. The molecule has 9 heteroatoms. The molecule has 0 aromatic heterocycles. The molecule has 1 aromatic carbocycles. The zero-order valence-electron chi connectivity index (χ0n) is 15.4. The van der Waals surface area contributed by atoms with E-state index in [2.05, 4.69) is 17.6 Å². The second-order valence-electron chi connectivity index (χ2n) is 7.35. The monoisotopic (exact) mass is 398 g/mol. The number of nitrogens with zero attached hydrogens (tertiary/aromatic N) is 2. The van der Waals surface area contributed by atoms with Gasteiger partial charge in [-0.05, 0) is 30.9 Å². The number of anilines is 1. The summed E-state index contributed by atoms with van der Waals surface area (Å²) in [5.41, 5.74) is 0.814. The molecular weight excluding hydrogens is 372 g/mol. The van der Waals surface area contributed by atoms with Crippen molar-refractivity contribution < 1.29 is 14.8 Å². The number of carbonyl (C=O) groups excluding carboxylic acids is 1. The van der Waals surface area contributed by atoms with E-state index >= 15 is 0 Å². The van der Waals surface area contributed by atoms with E-state index in [0.717, 1.165) is 25.9 Å². The fourth-order valence-corrected chi connectivity index (χ4v) is 3.74. The summed E-state index contributed by atoms with van der Waals surface area (Å²) in [6.07, 6.45) is 1.67. The topological polar surface area (TPSA) is 108 Å². The summed E-state index contributed by atoms with van der Waals surface area (Å²) in [6.45, 7) is 5.24. The molecule has 8 nitrogen and oxygen atoms in total. The molecule has 2 fully saturated rings.